The van der Waals surface area contributed by atoms with E-state index in [4.69, 9.17) is 10.5 Å². The molecule has 2 aromatic carbocycles. The number of aliphatic hydroxyl groups excluding tert-OH is 1. The summed E-state index contributed by atoms with van der Waals surface area (Å²) in [5, 5.41) is 11.0. The van der Waals surface area contributed by atoms with Crippen LogP contribution in [0.15, 0.2) is 66.7 Å². The van der Waals surface area contributed by atoms with Gasteiger partial charge in [0.25, 0.3) is 0 Å². The van der Waals surface area contributed by atoms with Crippen LogP contribution >= 0.6 is 0 Å². The van der Waals surface area contributed by atoms with E-state index in [1.807, 2.05) is 6.07 Å². The normalized spacial score (nSPS) is 25.3. The van der Waals surface area contributed by atoms with E-state index in [9.17, 15) is 9.90 Å². The van der Waals surface area contributed by atoms with Crippen LogP contribution in [-0.4, -0.2) is 47.3 Å². The standard InChI is InChI=1S/C30H40N2O3/c31-29(34)14-8-2-1-7-13-26-28(21-27(33)30(26)32-19-9-4-10-20-32)35-22-23-15-17-25(18-16-23)24-11-5-3-6-12-24/h1,3,5-7,11-12,15-18,26-28,30,33H,2,4,8-10,13-14,19-22H2,(H2,31,34)/b7-1+/t26-,27+,28-,30+/m0/s1. The summed E-state index contributed by atoms with van der Waals surface area (Å²) in [6, 6.07) is 19.1. The lowest BCUT2D eigenvalue weighted by molar-refractivity contribution is -0.118. The molecule has 0 aromatic heterocycles. The van der Waals surface area contributed by atoms with Gasteiger partial charge in [0.1, 0.15) is 0 Å². The van der Waals surface area contributed by atoms with Gasteiger partial charge in [-0.05, 0) is 61.9 Å². The lowest BCUT2D eigenvalue weighted by Gasteiger charge is -2.37. The van der Waals surface area contributed by atoms with Crippen LogP contribution in [0.4, 0.5) is 0 Å². The van der Waals surface area contributed by atoms with Crippen molar-refractivity contribution in [3.05, 3.63) is 72.3 Å². The largest absolute Gasteiger partial charge is 0.391 e. The van der Waals surface area contributed by atoms with Crippen LogP contribution in [0.25, 0.3) is 11.1 Å². The van der Waals surface area contributed by atoms with E-state index in [2.05, 4.69) is 65.6 Å². The monoisotopic (exact) mass is 476 g/mol. The minimum absolute atomic E-state index is 0.0287. The summed E-state index contributed by atoms with van der Waals surface area (Å²) in [6.07, 6.45) is 11.4. The van der Waals surface area contributed by atoms with Crippen LogP contribution in [0, 0.1) is 5.92 Å². The Morgan fingerprint density at radius 3 is 2.43 bits per heavy atom. The van der Waals surface area contributed by atoms with Crippen molar-refractivity contribution < 1.29 is 14.6 Å². The number of piperidine rings is 1. The molecule has 5 heteroatoms. The summed E-state index contributed by atoms with van der Waals surface area (Å²) >= 11 is 0. The van der Waals surface area contributed by atoms with Crippen LogP contribution in [0.1, 0.15) is 56.9 Å². The Bertz CT molecular complexity index is 938. The minimum atomic E-state index is -0.355. The van der Waals surface area contributed by atoms with Crippen molar-refractivity contribution in [2.24, 2.45) is 11.7 Å². The Hall–Kier alpha value is -2.47. The Morgan fingerprint density at radius 2 is 1.71 bits per heavy atom. The molecule has 0 radical (unpaired) electrons. The highest BCUT2D eigenvalue weighted by atomic mass is 16.5. The fourth-order valence-corrected chi connectivity index (χ4v) is 5.66. The van der Waals surface area contributed by atoms with Gasteiger partial charge in [0.15, 0.2) is 0 Å². The van der Waals surface area contributed by atoms with Gasteiger partial charge < -0.3 is 15.6 Å². The molecule has 0 spiro atoms. The highest BCUT2D eigenvalue weighted by molar-refractivity contribution is 5.73. The molecule has 1 saturated carbocycles. The number of aliphatic hydroxyl groups is 1. The topological polar surface area (TPSA) is 75.8 Å². The van der Waals surface area contributed by atoms with E-state index < -0.39 is 0 Å². The molecule has 1 amide bonds. The summed E-state index contributed by atoms with van der Waals surface area (Å²) in [5.74, 6) is 0.0202. The van der Waals surface area contributed by atoms with Gasteiger partial charge in [-0.3, -0.25) is 9.69 Å². The first-order valence-electron chi connectivity index (χ1n) is 13.2. The van der Waals surface area contributed by atoms with Crippen molar-refractivity contribution >= 4 is 5.91 Å². The highest BCUT2D eigenvalue weighted by Crippen LogP contribution is 2.37. The number of unbranched alkanes of at least 4 members (excludes halogenated alkanes) is 1. The number of amides is 1. The average Bonchev–Trinajstić information content (AvgIpc) is 3.20. The molecule has 3 N–H and O–H groups in total. The molecule has 1 saturated heterocycles. The lowest BCUT2D eigenvalue weighted by Crippen LogP contribution is -2.47. The van der Waals surface area contributed by atoms with E-state index in [0.717, 1.165) is 37.9 Å². The molecular weight excluding hydrogens is 436 g/mol. The molecule has 5 nitrogen and oxygen atoms in total. The predicted molar refractivity (Wildman–Crippen MR) is 141 cm³/mol. The van der Waals surface area contributed by atoms with Gasteiger partial charge in [-0.25, -0.2) is 0 Å². The zero-order valence-electron chi connectivity index (χ0n) is 20.7. The van der Waals surface area contributed by atoms with Crippen LogP contribution in [0.2, 0.25) is 0 Å². The number of rotatable bonds is 11. The Kier molecular flexibility index (Phi) is 9.52. The third-order valence-corrected chi connectivity index (χ3v) is 7.49. The van der Waals surface area contributed by atoms with E-state index in [1.54, 1.807) is 0 Å². The smallest absolute Gasteiger partial charge is 0.217 e. The molecule has 35 heavy (non-hydrogen) atoms. The highest BCUT2D eigenvalue weighted by Gasteiger charge is 2.45. The predicted octanol–water partition coefficient (Wildman–Crippen LogP) is 5.08. The Labute approximate surface area is 210 Å². The number of nitrogens with zero attached hydrogens (tertiary/aromatic N) is 1. The average molecular weight is 477 g/mol. The number of likely N-dealkylation sites (tertiary alicyclic amines) is 1. The Balaban J connectivity index is 1.38. The van der Waals surface area contributed by atoms with Crippen LogP contribution in [0.3, 0.4) is 0 Å². The molecule has 4 rings (SSSR count). The zero-order valence-corrected chi connectivity index (χ0v) is 20.7. The van der Waals surface area contributed by atoms with Gasteiger partial charge >= 0.3 is 0 Å². The molecule has 4 atom stereocenters. The second-order valence-corrected chi connectivity index (χ2v) is 10.0. The summed E-state index contributed by atoms with van der Waals surface area (Å²) < 4.78 is 6.47. The number of carbonyl (C=O) groups is 1. The quantitative estimate of drug-likeness (QED) is 0.350. The van der Waals surface area contributed by atoms with Gasteiger partial charge in [-0.1, -0.05) is 73.2 Å². The number of hydrogen-bond donors (Lipinski definition) is 2. The summed E-state index contributed by atoms with van der Waals surface area (Å²) in [4.78, 5) is 13.5. The van der Waals surface area contributed by atoms with E-state index in [0.29, 0.717) is 19.4 Å². The fraction of sp³-hybridized carbons (Fsp3) is 0.500. The number of primary amides is 1. The molecule has 2 aromatic rings. The fourth-order valence-electron chi connectivity index (χ4n) is 5.66. The van der Waals surface area contributed by atoms with Gasteiger partial charge in [0.2, 0.25) is 5.91 Å². The molecule has 0 bridgehead atoms. The third-order valence-electron chi connectivity index (χ3n) is 7.49. The van der Waals surface area contributed by atoms with Gasteiger partial charge in [-0.15, -0.1) is 0 Å². The summed E-state index contributed by atoms with van der Waals surface area (Å²) in [5.41, 5.74) is 8.82. The second-order valence-electron chi connectivity index (χ2n) is 10.0. The maximum absolute atomic E-state index is 11.0. The van der Waals surface area contributed by atoms with Crippen LogP contribution < -0.4 is 5.73 Å². The van der Waals surface area contributed by atoms with Crippen molar-refractivity contribution in [1.82, 2.24) is 4.90 Å². The van der Waals surface area contributed by atoms with Crippen molar-refractivity contribution in [2.45, 2.75) is 76.2 Å². The maximum atomic E-state index is 11.0. The van der Waals surface area contributed by atoms with Crippen LogP contribution in [0.5, 0.6) is 0 Å². The number of allylic oxidation sites excluding steroid dienone is 2. The second kappa shape index (κ2) is 13.0. The third kappa shape index (κ3) is 7.26. The Morgan fingerprint density at radius 1 is 1.00 bits per heavy atom. The first-order valence-corrected chi connectivity index (χ1v) is 13.2. The first kappa shape index (κ1) is 25.6. The van der Waals surface area contributed by atoms with E-state index in [1.165, 1.54) is 30.4 Å². The van der Waals surface area contributed by atoms with Gasteiger partial charge in [0, 0.05) is 24.8 Å². The SMILES string of the molecule is NC(=O)CCC/C=C/C[C@@H]1[C@@H](N2CCCCC2)[C@H](O)C[C@@H]1OCc1ccc(-c2ccccc2)cc1. The van der Waals surface area contributed by atoms with E-state index in [-0.39, 0.29) is 30.1 Å². The molecular formula is C30H40N2O3. The number of nitrogens with two attached hydrogens (primary N) is 1. The van der Waals surface area contributed by atoms with Crippen LogP contribution in [-0.2, 0) is 16.1 Å². The maximum Gasteiger partial charge on any atom is 0.217 e. The van der Waals surface area contributed by atoms with Gasteiger partial charge in [-0.2, -0.15) is 0 Å². The molecule has 1 aliphatic heterocycles. The molecule has 1 heterocycles. The summed E-state index contributed by atoms with van der Waals surface area (Å²) in [7, 11) is 0. The number of benzene rings is 2. The molecule has 2 aliphatic rings. The van der Waals surface area contributed by atoms with Crippen molar-refractivity contribution in [3.63, 3.8) is 0 Å². The lowest BCUT2D eigenvalue weighted by atomic mass is 9.93. The minimum Gasteiger partial charge on any atom is -0.391 e. The zero-order chi connectivity index (χ0) is 24.5. The first-order chi connectivity index (χ1) is 17.1. The van der Waals surface area contributed by atoms with Crippen molar-refractivity contribution in [2.75, 3.05) is 13.1 Å². The van der Waals surface area contributed by atoms with Crippen molar-refractivity contribution in [3.8, 4) is 11.1 Å². The molecule has 2 fully saturated rings. The molecule has 0 unspecified atom stereocenters. The summed E-state index contributed by atoms with van der Waals surface area (Å²) in [6.45, 7) is 2.68. The van der Waals surface area contributed by atoms with Crippen molar-refractivity contribution in [1.29, 1.82) is 0 Å². The van der Waals surface area contributed by atoms with Gasteiger partial charge in [0.05, 0.1) is 18.8 Å². The van der Waals surface area contributed by atoms with E-state index >= 15 is 0 Å². The number of ether oxygens (including phenoxy) is 1. The number of hydrogen-bond acceptors (Lipinski definition) is 4. The molecule has 1 aliphatic carbocycles. The molecule has 188 valence electrons. The number of carbonyl (C=O) groups excluding carboxylic acids is 1.